The molecule has 0 saturated carbocycles. The van der Waals surface area contributed by atoms with Crippen molar-refractivity contribution >= 4 is 0 Å². The number of piperidine rings is 3. The van der Waals surface area contributed by atoms with Gasteiger partial charge in [0, 0.05) is 20.2 Å². The van der Waals surface area contributed by atoms with Crippen molar-refractivity contribution in [2.75, 3.05) is 73.1 Å². The summed E-state index contributed by atoms with van der Waals surface area (Å²) in [6.45, 7) is 11.3. The minimum atomic E-state index is 0.889. The van der Waals surface area contributed by atoms with E-state index in [-0.39, 0.29) is 0 Å². The number of hydrogen-bond acceptors (Lipinski definition) is 4. The first kappa shape index (κ1) is 19.6. The fraction of sp³-hybridized carbons (Fsp3) is 1.00. The summed E-state index contributed by atoms with van der Waals surface area (Å²) < 4.78 is 5.21. The first-order valence-corrected chi connectivity index (χ1v) is 10.8. The van der Waals surface area contributed by atoms with Crippen LogP contribution in [0.4, 0.5) is 0 Å². The highest BCUT2D eigenvalue weighted by molar-refractivity contribution is 4.80. The third-order valence-electron chi connectivity index (χ3n) is 7.05. The van der Waals surface area contributed by atoms with Crippen molar-refractivity contribution in [3.05, 3.63) is 0 Å². The summed E-state index contributed by atoms with van der Waals surface area (Å²) in [6.07, 6.45) is 10.1. The van der Waals surface area contributed by atoms with Crippen molar-refractivity contribution in [3.8, 4) is 0 Å². The van der Waals surface area contributed by atoms with E-state index in [0.29, 0.717) is 0 Å². The lowest BCUT2D eigenvalue weighted by molar-refractivity contribution is 0.0967. The highest BCUT2D eigenvalue weighted by Crippen LogP contribution is 2.30. The summed E-state index contributed by atoms with van der Waals surface area (Å²) in [5, 5.41) is 0. The van der Waals surface area contributed by atoms with E-state index in [1.54, 1.807) is 0 Å². The molecule has 3 fully saturated rings. The van der Waals surface area contributed by atoms with Crippen molar-refractivity contribution in [1.29, 1.82) is 0 Å². The molecule has 146 valence electrons. The molecule has 0 spiro atoms. The molecule has 0 atom stereocenters. The summed E-state index contributed by atoms with van der Waals surface area (Å²) in [5.41, 5.74) is 0. The predicted molar refractivity (Wildman–Crippen MR) is 105 cm³/mol. The van der Waals surface area contributed by atoms with Gasteiger partial charge in [-0.25, -0.2) is 0 Å². The highest BCUT2D eigenvalue weighted by atomic mass is 16.5. The molecule has 3 aliphatic heterocycles. The number of ether oxygens (including phenoxy) is 1. The van der Waals surface area contributed by atoms with E-state index in [4.69, 9.17) is 4.74 Å². The van der Waals surface area contributed by atoms with Crippen molar-refractivity contribution < 1.29 is 4.74 Å². The van der Waals surface area contributed by atoms with Crippen LogP contribution in [0.25, 0.3) is 0 Å². The van der Waals surface area contributed by atoms with Crippen LogP contribution < -0.4 is 0 Å². The zero-order valence-corrected chi connectivity index (χ0v) is 16.8. The minimum absolute atomic E-state index is 0.889. The standard InChI is InChI=1S/C21H41N3O/c1-22-9-3-21(4-10-22)18-24-13-7-20(8-14-24)17-19-5-11-23(12-6-19)15-16-25-2/h19-21H,3-18H2,1-2H3. The Kier molecular flexibility index (Phi) is 8.03. The summed E-state index contributed by atoms with van der Waals surface area (Å²) in [5.74, 6) is 2.96. The normalized spacial score (nSPS) is 27.1. The molecule has 3 rings (SSSR count). The molecule has 3 aliphatic rings. The molecule has 0 aliphatic carbocycles. The van der Waals surface area contributed by atoms with Gasteiger partial charge in [0.15, 0.2) is 0 Å². The van der Waals surface area contributed by atoms with Crippen LogP contribution in [0.2, 0.25) is 0 Å². The molecule has 25 heavy (non-hydrogen) atoms. The molecule has 0 amide bonds. The van der Waals surface area contributed by atoms with E-state index >= 15 is 0 Å². The molecule has 3 saturated heterocycles. The molecular weight excluding hydrogens is 310 g/mol. The first-order chi connectivity index (χ1) is 12.2. The van der Waals surface area contributed by atoms with Gasteiger partial charge in [0.05, 0.1) is 6.61 Å². The number of methoxy groups -OCH3 is 1. The van der Waals surface area contributed by atoms with Gasteiger partial charge in [-0.3, -0.25) is 0 Å². The van der Waals surface area contributed by atoms with Crippen LogP contribution in [0.1, 0.15) is 44.9 Å². The average Bonchev–Trinajstić information content (AvgIpc) is 2.65. The van der Waals surface area contributed by atoms with Gasteiger partial charge in [-0.05, 0) is 109 Å². The molecular formula is C21H41N3O. The maximum absolute atomic E-state index is 5.21. The van der Waals surface area contributed by atoms with Gasteiger partial charge >= 0.3 is 0 Å². The topological polar surface area (TPSA) is 19.0 Å². The second-order valence-corrected chi connectivity index (χ2v) is 9.00. The van der Waals surface area contributed by atoms with E-state index in [1.165, 1.54) is 90.8 Å². The van der Waals surface area contributed by atoms with Gasteiger partial charge in [0.25, 0.3) is 0 Å². The van der Waals surface area contributed by atoms with Crippen LogP contribution in [0.15, 0.2) is 0 Å². The smallest absolute Gasteiger partial charge is 0.0589 e. The Bertz CT molecular complexity index is 354. The van der Waals surface area contributed by atoms with Gasteiger partial charge < -0.3 is 19.4 Å². The predicted octanol–water partition coefficient (Wildman–Crippen LogP) is 2.79. The Balaban J connectivity index is 1.28. The molecule has 0 bridgehead atoms. The molecule has 4 nitrogen and oxygen atoms in total. The maximum Gasteiger partial charge on any atom is 0.0589 e. The van der Waals surface area contributed by atoms with Gasteiger partial charge in [0.2, 0.25) is 0 Å². The second kappa shape index (κ2) is 10.2. The van der Waals surface area contributed by atoms with Crippen LogP contribution in [-0.4, -0.2) is 87.8 Å². The van der Waals surface area contributed by atoms with Crippen LogP contribution in [0.3, 0.4) is 0 Å². The molecule has 0 aromatic carbocycles. The van der Waals surface area contributed by atoms with Crippen molar-refractivity contribution in [2.45, 2.75) is 44.9 Å². The van der Waals surface area contributed by atoms with Crippen LogP contribution in [-0.2, 0) is 4.74 Å². The lowest BCUT2D eigenvalue weighted by Gasteiger charge is -2.38. The number of nitrogens with zero attached hydrogens (tertiary/aromatic N) is 3. The number of rotatable bonds is 7. The van der Waals surface area contributed by atoms with Gasteiger partial charge in [-0.2, -0.15) is 0 Å². The Morgan fingerprint density at radius 3 is 1.80 bits per heavy atom. The van der Waals surface area contributed by atoms with Gasteiger partial charge in [-0.15, -0.1) is 0 Å². The fourth-order valence-corrected chi connectivity index (χ4v) is 5.15. The van der Waals surface area contributed by atoms with Gasteiger partial charge in [-0.1, -0.05) is 0 Å². The monoisotopic (exact) mass is 351 g/mol. The quantitative estimate of drug-likeness (QED) is 0.702. The molecule has 0 unspecified atom stereocenters. The van der Waals surface area contributed by atoms with E-state index in [0.717, 1.165) is 30.9 Å². The fourth-order valence-electron chi connectivity index (χ4n) is 5.15. The third kappa shape index (κ3) is 6.50. The maximum atomic E-state index is 5.21. The Hall–Kier alpha value is -0.160. The Morgan fingerprint density at radius 1 is 0.720 bits per heavy atom. The summed E-state index contributed by atoms with van der Waals surface area (Å²) in [4.78, 5) is 7.85. The molecule has 0 radical (unpaired) electrons. The van der Waals surface area contributed by atoms with Gasteiger partial charge in [0.1, 0.15) is 0 Å². The minimum Gasteiger partial charge on any atom is -0.383 e. The van der Waals surface area contributed by atoms with E-state index < -0.39 is 0 Å². The largest absolute Gasteiger partial charge is 0.383 e. The lowest BCUT2D eigenvalue weighted by Crippen LogP contribution is -2.41. The van der Waals surface area contributed by atoms with Crippen molar-refractivity contribution in [2.24, 2.45) is 17.8 Å². The molecule has 0 N–H and O–H groups in total. The zero-order valence-electron chi connectivity index (χ0n) is 16.8. The Labute approximate surface area is 155 Å². The zero-order chi connectivity index (χ0) is 17.5. The number of likely N-dealkylation sites (tertiary alicyclic amines) is 3. The molecule has 0 aromatic rings. The molecule has 0 aromatic heterocycles. The first-order valence-electron chi connectivity index (χ1n) is 10.8. The summed E-state index contributed by atoms with van der Waals surface area (Å²) in [7, 11) is 4.08. The van der Waals surface area contributed by atoms with Crippen LogP contribution in [0, 0.1) is 17.8 Å². The Morgan fingerprint density at radius 2 is 1.24 bits per heavy atom. The van der Waals surface area contributed by atoms with Crippen LogP contribution in [0.5, 0.6) is 0 Å². The second-order valence-electron chi connectivity index (χ2n) is 9.00. The van der Waals surface area contributed by atoms with Crippen LogP contribution >= 0.6 is 0 Å². The van der Waals surface area contributed by atoms with E-state index in [2.05, 4.69) is 21.7 Å². The van der Waals surface area contributed by atoms with E-state index in [1.807, 2.05) is 7.11 Å². The lowest BCUT2D eigenvalue weighted by atomic mass is 9.82. The van der Waals surface area contributed by atoms with Crippen molar-refractivity contribution in [3.63, 3.8) is 0 Å². The summed E-state index contributed by atoms with van der Waals surface area (Å²) >= 11 is 0. The SMILES string of the molecule is COCCN1CCC(CC2CCN(CC3CCN(C)CC3)CC2)CC1. The molecule has 3 heterocycles. The summed E-state index contributed by atoms with van der Waals surface area (Å²) in [6, 6.07) is 0. The molecule has 4 heteroatoms. The third-order valence-corrected chi connectivity index (χ3v) is 7.05. The number of hydrogen-bond donors (Lipinski definition) is 0. The van der Waals surface area contributed by atoms with E-state index in [9.17, 15) is 0 Å². The van der Waals surface area contributed by atoms with Crippen molar-refractivity contribution in [1.82, 2.24) is 14.7 Å². The highest BCUT2D eigenvalue weighted by Gasteiger charge is 2.27. The average molecular weight is 352 g/mol.